The SMILES string of the molecule is CN(CCOc1ccccc1)C(=O)C1CCCNC1. The molecule has 1 heterocycles. The van der Waals surface area contributed by atoms with Crippen molar-refractivity contribution in [3.05, 3.63) is 30.3 Å². The molecule has 0 saturated carbocycles. The van der Waals surface area contributed by atoms with E-state index in [1.807, 2.05) is 37.4 Å². The van der Waals surface area contributed by atoms with Gasteiger partial charge in [-0.05, 0) is 31.5 Å². The Morgan fingerprint density at radius 3 is 2.89 bits per heavy atom. The van der Waals surface area contributed by atoms with Crippen LogP contribution >= 0.6 is 0 Å². The van der Waals surface area contributed by atoms with Crippen LogP contribution in [0.1, 0.15) is 12.8 Å². The zero-order valence-electron chi connectivity index (χ0n) is 11.5. The molecule has 1 aliphatic heterocycles. The first-order chi connectivity index (χ1) is 9.27. The average molecular weight is 262 g/mol. The van der Waals surface area contributed by atoms with Gasteiger partial charge < -0.3 is 15.0 Å². The van der Waals surface area contributed by atoms with Crippen molar-refractivity contribution >= 4 is 5.91 Å². The molecule has 1 aromatic rings. The summed E-state index contributed by atoms with van der Waals surface area (Å²) >= 11 is 0. The molecule has 1 atom stereocenters. The Labute approximate surface area is 114 Å². The zero-order chi connectivity index (χ0) is 13.5. The maximum Gasteiger partial charge on any atom is 0.226 e. The molecule has 0 aromatic heterocycles. The Morgan fingerprint density at radius 1 is 1.42 bits per heavy atom. The molecule has 1 fully saturated rings. The lowest BCUT2D eigenvalue weighted by Crippen LogP contribution is -2.42. The highest BCUT2D eigenvalue weighted by molar-refractivity contribution is 5.78. The van der Waals surface area contributed by atoms with Gasteiger partial charge in [0.1, 0.15) is 12.4 Å². The number of amides is 1. The van der Waals surface area contributed by atoms with Crippen LogP contribution in [-0.4, -0.2) is 44.1 Å². The minimum absolute atomic E-state index is 0.135. The Bertz CT molecular complexity index is 388. The van der Waals surface area contributed by atoms with Crippen molar-refractivity contribution < 1.29 is 9.53 Å². The number of likely N-dealkylation sites (N-methyl/N-ethyl adjacent to an activating group) is 1. The maximum absolute atomic E-state index is 12.2. The number of piperidine rings is 1. The molecule has 1 aromatic carbocycles. The van der Waals surface area contributed by atoms with Gasteiger partial charge in [-0.25, -0.2) is 0 Å². The van der Waals surface area contributed by atoms with Crippen LogP contribution in [-0.2, 0) is 4.79 Å². The van der Waals surface area contributed by atoms with Crippen molar-refractivity contribution in [3.8, 4) is 5.75 Å². The summed E-state index contributed by atoms with van der Waals surface area (Å²) in [6.45, 7) is 3.00. The second kappa shape index (κ2) is 7.14. The van der Waals surface area contributed by atoms with Gasteiger partial charge in [0, 0.05) is 13.6 Å². The molecule has 1 saturated heterocycles. The maximum atomic E-state index is 12.2. The van der Waals surface area contributed by atoms with Crippen LogP contribution in [0.25, 0.3) is 0 Å². The summed E-state index contributed by atoms with van der Waals surface area (Å²) < 4.78 is 5.60. The third kappa shape index (κ3) is 4.24. The topological polar surface area (TPSA) is 41.6 Å². The van der Waals surface area contributed by atoms with Crippen molar-refractivity contribution in [1.29, 1.82) is 0 Å². The number of hydrogen-bond acceptors (Lipinski definition) is 3. The first-order valence-corrected chi connectivity index (χ1v) is 6.91. The van der Waals surface area contributed by atoms with E-state index in [0.717, 1.165) is 31.7 Å². The lowest BCUT2D eigenvalue weighted by atomic mass is 9.98. The fraction of sp³-hybridized carbons (Fsp3) is 0.533. The largest absolute Gasteiger partial charge is 0.492 e. The van der Waals surface area contributed by atoms with E-state index in [1.54, 1.807) is 4.90 Å². The quantitative estimate of drug-likeness (QED) is 0.875. The molecular weight excluding hydrogens is 240 g/mol. The van der Waals surface area contributed by atoms with Crippen LogP contribution in [0.2, 0.25) is 0 Å². The fourth-order valence-electron chi connectivity index (χ4n) is 2.30. The highest BCUT2D eigenvalue weighted by Gasteiger charge is 2.23. The van der Waals surface area contributed by atoms with Crippen LogP contribution in [0.5, 0.6) is 5.75 Å². The summed E-state index contributed by atoms with van der Waals surface area (Å²) in [4.78, 5) is 13.9. The Balaban J connectivity index is 1.71. The predicted molar refractivity (Wildman–Crippen MR) is 75.2 cm³/mol. The van der Waals surface area contributed by atoms with Gasteiger partial charge in [0.2, 0.25) is 5.91 Å². The number of hydrogen-bond donors (Lipinski definition) is 1. The van der Waals surface area contributed by atoms with Gasteiger partial charge in [0.15, 0.2) is 0 Å². The molecule has 19 heavy (non-hydrogen) atoms. The number of carbonyl (C=O) groups excluding carboxylic acids is 1. The van der Waals surface area contributed by atoms with Crippen LogP contribution in [0.4, 0.5) is 0 Å². The molecule has 2 rings (SSSR count). The molecule has 1 amide bonds. The number of ether oxygens (including phenoxy) is 1. The summed E-state index contributed by atoms with van der Waals surface area (Å²) in [5.41, 5.74) is 0. The minimum atomic E-state index is 0.135. The molecule has 4 nitrogen and oxygen atoms in total. The Morgan fingerprint density at radius 2 is 2.21 bits per heavy atom. The van der Waals surface area contributed by atoms with Gasteiger partial charge in [-0.3, -0.25) is 4.79 Å². The summed E-state index contributed by atoms with van der Waals surface area (Å²) in [6.07, 6.45) is 2.08. The number of benzene rings is 1. The summed E-state index contributed by atoms with van der Waals surface area (Å²) in [5.74, 6) is 1.21. The normalized spacial score (nSPS) is 18.9. The summed E-state index contributed by atoms with van der Waals surface area (Å²) in [6, 6.07) is 9.69. The predicted octanol–water partition coefficient (Wildman–Crippen LogP) is 1.52. The van der Waals surface area contributed by atoms with E-state index in [1.165, 1.54) is 0 Å². The van der Waals surface area contributed by atoms with E-state index in [4.69, 9.17) is 4.74 Å². The van der Waals surface area contributed by atoms with Gasteiger partial charge >= 0.3 is 0 Å². The van der Waals surface area contributed by atoms with E-state index >= 15 is 0 Å². The summed E-state index contributed by atoms with van der Waals surface area (Å²) in [7, 11) is 1.85. The Kier molecular flexibility index (Phi) is 5.21. The molecule has 0 bridgehead atoms. The number of rotatable bonds is 5. The van der Waals surface area contributed by atoms with Gasteiger partial charge in [0.05, 0.1) is 12.5 Å². The molecule has 1 aliphatic rings. The smallest absolute Gasteiger partial charge is 0.226 e. The van der Waals surface area contributed by atoms with Crippen LogP contribution in [0.3, 0.4) is 0 Å². The third-order valence-corrected chi connectivity index (χ3v) is 3.46. The third-order valence-electron chi connectivity index (χ3n) is 3.46. The van der Waals surface area contributed by atoms with Gasteiger partial charge in [-0.15, -0.1) is 0 Å². The molecule has 1 N–H and O–H groups in total. The van der Waals surface area contributed by atoms with Crippen molar-refractivity contribution in [2.75, 3.05) is 33.3 Å². The second-order valence-electron chi connectivity index (χ2n) is 4.96. The van der Waals surface area contributed by atoms with Crippen molar-refractivity contribution in [2.24, 2.45) is 5.92 Å². The molecule has 0 spiro atoms. The minimum Gasteiger partial charge on any atom is -0.492 e. The second-order valence-corrected chi connectivity index (χ2v) is 4.96. The number of para-hydroxylation sites is 1. The standard InChI is InChI=1S/C15H22N2O2/c1-17(15(18)13-6-5-9-16-12-13)10-11-19-14-7-3-2-4-8-14/h2-4,7-8,13,16H,5-6,9-12H2,1H3. The van der Waals surface area contributed by atoms with Gasteiger partial charge in [0.25, 0.3) is 0 Å². The molecule has 0 radical (unpaired) electrons. The highest BCUT2D eigenvalue weighted by Crippen LogP contribution is 2.13. The Hall–Kier alpha value is -1.55. The number of nitrogens with zero attached hydrogens (tertiary/aromatic N) is 1. The van der Waals surface area contributed by atoms with Crippen LogP contribution < -0.4 is 10.1 Å². The molecule has 0 aliphatic carbocycles. The number of nitrogens with one attached hydrogen (secondary N) is 1. The van der Waals surface area contributed by atoms with E-state index in [9.17, 15) is 4.79 Å². The molecular formula is C15H22N2O2. The van der Waals surface area contributed by atoms with Crippen molar-refractivity contribution in [1.82, 2.24) is 10.2 Å². The monoisotopic (exact) mass is 262 g/mol. The highest BCUT2D eigenvalue weighted by atomic mass is 16.5. The van der Waals surface area contributed by atoms with E-state index < -0.39 is 0 Å². The van der Waals surface area contributed by atoms with Crippen LogP contribution in [0.15, 0.2) is 30.3 Å². The lowest BCUT2D eigenvalue weighted by molar-refractivity contribution is -0.135. The first-order valence-electron chi connectivity index (χ1n) is 6.91. The van der Waals surface area contributed by atoms with Crippen molar-refractivity contribution in [2.45, 2.75) is 12.8 Å². The lowest BCUT2D eigenvalue weighted by Gasteiger charge is -2.27. The zero-order valence-corrected chi connectivity index (χ0v) is 11.5. The first kappa shape index (κ1) is 13.9. The van der Waals surface area contributed by atoms with E-state index in [-0.39, 0.29) is 11.8 Å². The fourth-order valence-corrected chi connectivity index (χ4v) is 2.30. The average Bonchev–Trinajstić information content (AvgIpc) is 2.48. The molecule has 4 heteroatoms. The van der Waals surface area contributed by atoms with Crippen molar-refractivity contribution in [3.63, 3.8) is 0 Å². The summed E-state index contributed by atoms with van der Waals surface area (Å²) in [5, 5.41) is 3.27. The number of carbonyl (C=O) groups is 1. The van der Waals surface area contributed by atoms with E-state index in [2.05, 4.69) is 5.32 Å². The van der Waals surface area contributed by atoms with Crippen LogP contribution in [0, 0.1) is 5.92 Å². The molecule has 104 valence electrons. The molecule has 1 unspecified atom stereocenters. The van der Waals surface area contributed by atoms with Gasteiger partial charge in [-0.2, -0.15) is 0 Å². The van der Waals surface area contributed by atoms with Gasteiger partial charge in [-0.1, -0.05) is 18.2 Å². The van der Waals surface area contributed by atoms with E-state index in [0.29, 0.717) is 13.2 Å².